The molecule has 2 heterocycles. The zero-order valence-electron chi connectivity index (χ0n) is 13.2. The lowest BCUT2D eigenvalue weighted by atomic mass is 9.73. The van der Waals surface area contributed by atoms with Gasteiger partial charge in [-0.1, -0.05) is 6.92 Å². The van der Waals surface area contributed by atoms with Gasteiger partial charge in [0.2, 0.25) is 0 Å². The van der Waals surface area contributed by atoms with E-state index in [1.807, 2.05) is 0 Å². The first-order chi connectivity index (χ1) is 9.81. The Labute approximate surface area is 124 Å². The quantitative estimate of drug-likeness (QED) is 0.784. The van der Waals surface area contributed by atoms with Gasteiger partial charge in [-0.25, -0.2) is 0 Å². The van der Waals surface area contributed by atoms with Crippen LogP contribution in [0.25, 0.3) is 0 Å². The number of piperidine rings is 1. The van der Waals surface area contributed by atoms with Crippen LogP contribution in [0, 0.1) is 5.92 Å². The van der Waals surface area contributed by atoms with Crippen molar-refractivity contribution < 1.29 is 4.74 Å². The Balaban J connectivity index is 1.48. The maximum absolute atomic E-state index is 6.09. The van der Waals surface area contributed by atoms with E-state index < -0.39 is 0 Å². The molecule has 0 aromatic rings. The normalized spacial score (nSPS) is 34.0. The van der Waals surface area contributed by atoms with Gasteiger partial charge in [0, 0.05) is 19.2 Å². The zero-order chi connectivity index (χ0) is 13.8. The van der Waals surface area contributed by atoms with Crippen molar-refractivity contribution in [3.8, 4) is 0 Å². The van der Waals surface area contributed by atoms with Crippen molar-refractivity contribution in [3.63, 3.8) is 0 Å². The smallest absolute Gasteiger partial charge is 0.0697 e. The predicted molar refractivity (Wildman–Crippen MR) is 83.0 cm³/mol. The van der Waals surface area contributed by atoms with Gasteiger partial charge in [0.1, 0.15) is 0 Å². The molecule has 2 unspecified atom stereocenters. The lowest BCUT2D eigenvalue weighted by Gasteiger charge is -2.50. The second-order valence-electron chi connectivity index (χ2n) is 7.24. The van der Waals surface area contributed by atoms with Gasteiger partial charge >= 0.3 is 0 Å². The van der Waals surface area contributed by atoms with Gasteiger partial charge in [0.25, 0.3) is 0 Å². The van der Waals surface area contributed by atoms with Crippen LogP contribution in [0.15, 0.2) is 0 Å². The lowest BCUT2D eigenvalue weighted by molar-refractivity contribution is -0.150. The van der Waals surface area contributed by atoms with Crippen LogP contribution in [-0.2, 0) is 4.74 Å². The van der Waals surface area contributed by atoms with Crippen molar-refractivity contribution in [3.05, 3.63) is 0 Å². The summed E-state index contributed by atoms with van der Waals surface area (Å²) >= 11 is 0. The highest BCUT2D eigenvalue weighted by Crippen LogP contribution is 2.43. The largest absolute Gasteiger partial charge is 0.375 e. The average molecular weight is 280 g/mol. The van der Waals surface area contributed by atoms with Crippen LogP contribution >= 0.6 is 0 Å². The van der Waals surface area contributed by atoms with E-state index in [-0.39, 0.29) is 0 Å². The van der Waals surface area contributed by atoms with E-state index in [1.54, 1.807) is 0 Å². The maximum atomic E-state index is 6.09. The first-order valence-electron chi connectivity index (χ1n) is 8.90. The summed E-state index contributed by atoms with van der Waals surface area (Å²) < 4.78 is 6.09. The average Bonchev–Trinajstić information content (AvgIpc) is 2.46. The number of ether oxygens (including phenoxy) is 1. The number of likely N-dealkylation sites (tertiary alicyclic amines) is 1. The SMILES string of the molecule is CCCNCC1CCCN(C2CCOC3(CCC3)C2)C1. The third kappa shape index (κ3) is 3.37. The highest BCUT2D eigenvalue weighted by molar-refractivity contribution is 4.97. The molecule has 1 spiro atoms. The third-order valence-corrected chi connectivity index (χ3v) is 5.66. The summed E-state index contributed by atoms with van der Waals surface area (Å²) in [6.45, 7) is 8.29. The van der Waals surface area contributed by atoms with Gasteiger partial charge in [-0.3, -0.25) is 4.90 Å². The molecular formula is C17H32N2O. The van der Waals surface area contributed by atoms with Gasteiger partial charge < -0.3 is 10.1 Å². The first kappa shape index (κ1) is 14.8. The summed E-state index contributed by atoms with van der Waals surface area (Å²) in [5.41, 5.74) is 0.302. The minimum atomic E-state index is 0.302. The number of hydrogen-bond acceptors (Lipinski definition) is 3. The molecule has 0 amide bonds. The Bertz CT molecular complexity index is 303. The van der Waals surface area contributed by atoms with Gasteiger partial charge in [-0.2, -0.15) is 0 Å². The molecule has 2 atom stereocenters. The van der Waals surface area contributed by atoms with Crippen LogP contribution in [-0.4, -0.2) is 49.3 Å². The number of rotatable bonds is 5. The van der Waals surface area contributed by atoms with E-state index in [0.717, 1.165) is 18.6 Å². The summed E-state index contributed by atoms with van der Waals surface area (Å²) in [6, 6.07) is 0.804. The molecule has 3 heteroatoms. The Morgan fingerprint density at radius 3 is 2.90 bits per heavy atom. The topological polar surface area (TPSA) is 24.5 Å². The van der Waals surface area contributed by atoms with Crippen molar-refractivity contribution in [1.29, 1.82) is 0 Å². The molecule has 3 rings (SSSR count). The summed E-state index contributed by atoms with van der Waals surface area (Å²) in [5, 5.41) is 3.62. The van der Waals surface area contributed by atoms with Gasteiger partial charge in [-0.05, 0) is 76.9 Å². The molecule has 3 aliphatic rings. The van der Waals surface area contributed by atoms with Crippen molar-refractivity contribution >= 4 is 0 Å². The molecule has 0 radical (unpaired) electrons. The molecule has 116 valence electrons. The van der Waals surface area contributed by atoms with Crippen LogP contribution < -0.4 is 5.32 Å². The van der Waals surface area contributed by atoms with E-state index >= 15 is 0 Å². The van der Waals surface area contributed by atoms with Crippen LogP contribution in [0.4, 0.5) is 0 Å². The monoisotopic (exact) mass is 280 g/mol. The highest BCUT2D eigenvalue weighted by Gasteiger charge is 2.44. The molecule has 20 heavy (non-hydrogen) atoms. The molecular weight excluding hydrogens is 248 g/mol. The zero-order valence-corrected chi connectivity index (χ0v) is 13.2. The standard InChI is InChI=1S/C17H32N2O/c1-2-9-18-13-15-5-3-10-19(14-15)16-6-11-20-17(12-16)7-4-8-17/h15-16,18H,2-14H2,1H3. The maximum Gasteiger partial charge on any atom is 0.0697 e. The lowest BCUT2D eigenvalue weighted by Crippen LogP contribution is -2.54. The molecule has 3 fully saturated rings. The molecule has 1 N–H and O–H groups in total. The molecule has 0 aromatic heterocycles. The number of nitrogens with one attached hydrogen (secondary N) is 1. The Kier molecular flexibility index (Phi) is 5.00. The molecule has 1 aliphatic carbocycles. The number of nitrogens with zero attached hydrogens (tertiary/aromatic N) is 1. The minimum absolute atomic E-state index is 0.302. The predicted octanol–water partition coefficient (Wildman–Crippen LogP) is 2.80. The molecule has 2 saturated heterocycles. The van der Waals surface area contributed by atoms with E-state index in [2.05, 4.69) is 17.1 Å². The fraction of sp³-hybridized carbons (Fsp3) is 1.00. The fourth-order valence-electron chi connectivity index (χ4n) is 4.31. The Morgan fingerprint density at radius 2 is 2.15 bits per heavy atom. The van der Waals surface area contributed by atoms with Crippen molar-refractivity contribution in [2.75, 3.05) is 32.8 Å². The van der Waals surface area contributed by atoms with Crippen LogP contribution in [0.1, 0.15) is 58.3 Å². The summed E-state index contributed by atoms with van der Waals surface area (Å²) in [6.07, 6.45) is 10.6. The highest BCUT2D eigenvalue weighted by atomic mass is 16.5. The van der Waals surface area contributed by atoms with E-state index in [9.17, 15) is 0 Å². The third-order valence-electron chi connectivity index (χ3n) is 5.66. The summed E-state index contributed by atoms with van der Waals surface area (Å²) in [5.74, 6) is 0.871. The van der Waals surface area contributed by atoms with Gasteiger partial charge in [-0.15, -0.1) is 0 Å². The van der Waals surface area contributed by atoms with Crippen LogP contribution in [0.5, 0.6) is 0 Å². The fourth-order valence-corrected chi connectivity index (χ4v) is 4.31. The Hall–Kier alpha value is -0.120. The molecule has 3 nitrogen and oxygen atoms in total. The molecule has 1 saturated carbocycles. The summed E-state index contributed by atoms with van der Waals surface area (Å²) in [7, 11) is 0. The molecule has 2 aliphatic heterocycles. The van der Waals surface area contributed by atoms with E-state index in [0.29, 0.717) is 5.60 Å². The minimum Gasteiger partial charge on any atom is -0.375 e. The molecule has 0 bridgehead atoms. The van der Waals surface area contributed by atoms with Gasteiger partial charge in [0.15, 0.2) is 0 Å². The Morgan fingerprint density at radius 1 is 1.25 bits per heavy atom. The van der Waals surface area contributed by atoms with Crippen molar-refractivity contribution in [2.24, 2.45) is 5.92 Å². The van der Waals surface area contributed by atoms with E-state index in [1.165, 1.54) is 77.5 Å². The van der Waals surface area contributed by atoms with Crippen molar-refractivity contribution in [2.45, 2.75) is 69.9 Å². The van der Waals surface area contributed by atoms with Crippen molar-refractivity contribution in [1.82, 2.24) is 10.2 Å². The van der Waals surface area contributed by atoms with Gasteiger partial charge in [0.05, 0.1) is 5.60 Å². The van der Waals surface area contributed by atoms with Crippen LogP contribution in [0.2, 0.25) is 0 Å². The second-order valence-corrected chi connectivity index (χ2v) is 7.24. The second kappa shape index (κ2) is 6.76. The summed E-state index contributed by atoms with van der Waals surface area (Å²) in [4.78, 5) is 2.80. The van der Waals surface area contributed by atoms with E-state index in [4.69, 9.17) is 4.74 Å². The first-order valence-corrected chi connectivity index (χ1v) is 8.90. The van der Waals surface area contributed by atoms with Crippen LogP contribution in [0.3, 0.4) is 0 Å². The number of hydrogen-bond donors (Lipinski definition) is 1. The molecule has 0 aromatic carbocycles.